The zero-order valence-corrected chi connectivity index (χ0v) is 10.9. The standard InChI is InChI=1S/C8H14O.C3H8.C2H6/c1-4-6-8(9-3)7-5-2;1-3-2;1-2/h1,8H,5-7H2,2-3H3;3H2,1-2H3;1-2H3. The van der Waals surface area contributed by atoms with E-state index in [-0.39, 0.29) is 6.10 Å². The van der Waals surface area contributed by atoms with Gasteiger partial charge in [-0.05, 0) is 6.42 Å². The van der Waals surface area contributed by atoms with Crippen molar-refractivity contribution in [2.24, 2.45) is 0 Å². The molecule has 0 heterocycles. The van der Waals surface area contributed by atoms with Crippen molar-refractivity contribution in [3.8, 4) is 12.3 Å². The van der Waals surface area contributed by atoms with Gasteiger partial charge in [0, 0.05) is 13.5 Å². The first-order chi connectivity index (χ1) is 6.76. The lowest BCUT2D eigenvalue weighted by Crippen LogP contribution is -2.08. The van der Waals surface area contributed by atoms with E-state index in [1.807, 2.05) is 13.8 Å². The molecule has 0 aromatic heterocycles. The highest BCUT2D eigenvalue weighted by atomic mass is 16.5. The molecule has 1 nitrogen and oxygen atoms in total. The van der Waals surface area contributed by atoms with Gasteiger partial charge in [-0.2, -0.15) is 0 Å². The molecular formula is C13H28O. The Kier molecular flexibility index (Phi) is 31.3. The lowest BCUT2D eigenvalue weighted by molar-refractivity contribution is 0.0989. The molecule has 1 heteroatoms. The van der Waals surface area contributed by atoms with Crippen molar-refractivity contribution < 1.29 is 4.74 Å². The van der Waals surface area contributed by atoms with Crippen LogP contribution in [0.3, 0.4) is 0 Å². The molecule has 0 aromatic rings. The smallest absolute Gasteiger partial charge is 0.0680 e. The van der Waals surface area contributed by atoms with Crippen LogP contribution in [0.1, 0.15) is 60.3 Å². The molecule has 0 saturated carbocycles. The fraction of sp³-hybridized carbons (Fsp3) is 0.846. The predicted molar refractivity (Wildman–Crippen MR) is 66.5 cm³/mol. The van der Waals surface area contributed by atoms with E-state index in [1.165, 1.54) is 6.42 Å². The highest BCUT2D eigenvalue weighted by Crippen LogP contribution is 2.03. The van der Waals surface area contributed by atoms with Gasteiger partial charge in [-0.3, -0.25) is 0 Å². The van der Waals surface area contributed by atoms with Gasteiger partial charge in [-0.15, -0.1) is 12.3 Å². The maximum Gasteiger partial charge on any atom is 0.0680 e. The van der Waals surface area contributed by atoms with Crippen molar-refractivity contribution in [3.63, 3.8) is 0 Å². The molecule has 0 fully saturated rings. The van der Waals surface area contributed by atoms with Crippen molar-refractivity contribution in [1.29, 1.82) is 0 Å². The summed E-state index contributed by atoms with van der Waals surface area (Å²) in [4.78, 5) is 0. The first kappa shape index (κ1) is 19.1. The van der Waals surface area contributed by atoms with E-state index >= 15 is 0 Å². The van der Waals surface area contributed by atoms with Gasteiger partial charge in [0.15, 0.2) is 0 Å². The zero-order valence-electron chi connectivity index (χ0n) is 10.9. The van der Waals surface area contributed by atoms with Crippen LogP contribution in [0.15, 0.2) is 0 Å². The Morgan fingerprint density at radius 2 is 1.64 bits per heavy atom. The molecular weight excluding hydrogens is 172 g/mol. The number of terminal acetylenes is 1. The van der Waals surface area contributed by atoms with E-state index in [1.54, 1.807) is 7.11 Å². The van der Waals surface area contributed by atoms with Crippen LogP contribution in [0.25, 0.3) is 0 Å². The van der Waals surface area contributed by atoms with Gasteiger partial charge in [0.2, 0.25) is 0 Å². The Bertz CT molecular complexity index is 102. The number of ether oxygens (including phenoxy) is 1. The molecule has 86 valence electrons. The summed E-state index contributed by atoms with van der Waals surface area (Å²) < 4.78 is 5.09. The third kappa shape index (κ3) is 22.5. The molecule has 14 heavy (non-hydrogen) atoms. The van der Waals surface area contributed by atoms with Gasteiger partial charge in [-0.25, -0.2) is 0 Å². The first-order valence-electron chi connectivity index (χ1n) is 5.72. The highest BCUT2D eigenvalue weighted by molar-refractivity contribution is 4.87. The third-order valence-corrected chi connectivity index (χ3v) is 1.29. The molecule has 0 N–H and O–H groups in total. The fourth-order valence-corrected chi connectivity index (χ4v) is 0.757. The van der Waals surface area contributed by atoms with Crippen molar-refractivity contribution >= 4 is 0 Å². The van der Waals surface area contributed by atoms with Crippen LogP contribution < -0.4 is 0 Å². The minimum atomic E-state index is 0.278. The molecule has 0 aliphatic heterocycles. The fourth-order valence-electron chi connectivity index (χ4n) is 0.757. The Morgan fingerprint density at radius 3 is 1.86 bits per heavy atom. The van der Waals surface area contributed by atoms with Gasteiger partial charge in [0.1, 0.15) is 0 Å². The molecule has 0 radical (unpaired) electrons. The SMILES string of the molecule is C#CCC(CCC)OC.CC.CCC. The van der Waals surface area contributed by atoms with E-state index in [0.29, 0.717) is 0 Å². The lowest BCUT2D eigenvalue weighted by Gasteiger charge is -2.09. The third-order valence-electron chi connectivity index (χ3n) is 1.29. The molecule has 0 aliphatic rings. The summed E-state index contributed by atoms with van der Waals surface area (Å²) in [5.41, 5.74) is 0. The Hall–Kier alpha value is -0.480. The summed E-state index contributed by atoms with van der Waals surface area (Å²) in [5.74, 6) is 2.58. The Labute approximate surface area is 91.2 Å². The molecule has 0 aliphatic carbocycles. The molecule has 0 spiro atoms. The summed E-state index contributed by atoms with van der Waals surface area (Å²) in [5, 5.41) is 0. The number of hydrogen-bond donors (Lipinski definition) is 0. The quantitative estimate of drug-likeness (QED) is 0.616. The molecule has 0 amide bonds. The summed E-state index contributed by atoms with van der Waals surface area (Å²) in [6, 6.07) is 0. The molecule has 0 bridgehead atoms. The normalized spacial score (nSPS) is 9.79. The van der Waals surface area contributed by atoms with Crippen LogP contribution in [-0.2, 0) is 4.74 Å². The van der Waals surface area contributed by atoms with E-state index < -0.39 is 0 Å². The number of rotatable bonds is 4. The average molecular weight is 200 g/mol. The van der Waals surface area contributed by atoms with E-state index in [2.05, 4.69) is 26.7 Å². The minimum Gasteiger partial charge on any atom is -0.380 e. The molecule has 0 saturated heterocycles. The molecule has 0 rings (SSSR count). The summed E-state index contributed by atoms with van der Waals surface area (Å²) in [6.45, 7) is 10.4. The predicted octanol–water partition coefficient (Wildman–Crippen LogP) is 4.27. The van der Waals surface area contributed by atoms with Crippen molar-refractivity contribution in [1.82, 2.24) is 0 Å². The highest BCUT2D eigenvalue weighted by Gasteiger charge is 2.01. The number of hydrogen-bond acceptors (Lipinski definition) is 1. The van der Waals surface area contributed by atoms with Crippen LogP contribution in [0.2, 0.25) is 0 Å². The Morgan fingerprint density at radius 1 is 1.21 bits per heavy atom. The molecule has 1 atom stereocenters. The molecule has 0 aromatic carbocycles. The van der Waals surface area contributed by atoms with E-state index in [4.69, 9.17) is 11.2 Å². The van der Waals surface area contributed by atoms with Crippen molar-refractivity contribution in [2.75, 3.05) is 7.11 Å². The maximum absolute atomic E-state index is 5.11. The Balaban J connectivity index is -0.000000205. The molecule has 1 unspecified atom stereocenters. The van der Waals surface area contributed by atoms with Crippen molar-refractivity contribution in [2.45, 2.75) is 66.4 Å². The second kappa shape index (κ2) is 22.9. The second-order valence-corrected chi connectivity index (χ2v) is 2.76. The van der Waals surface area contributed by atoms with Gasteiger partial charge >= 0.3 is 0 Å². The van der Waals surface area contributed by atoms with E-state index in [0.717, 1.165) is 19.3 Å². The van der Waals surface area contributed by atoms with Gasteiger partial charge in [0.25, 0.3) is 0 Å². The first-order valence-corrected chi connectivity index (χ1v) is 5.72. The van der Waals surface area contributed by atoms with Crippen LogP contribution in [0.4, 0.5) is 0 Å². The van der Waals surface area contributed by atoms with Crippen LogP contribution in [0, 0.1) is 12.3 Å². The van der Waals surface area contributed by atoms with Gasteiger partial charge < -0.3 is 4.74 Å². The van der Waals surface area contributed by atoms with Gasteiger partial charge in [0.05, 0.1) is 6.10 Å². The van der Waals surface area contributed by atoms with Crippen LogP contribution >= 0.6 is 0 Å². The minimum absolute atomic E-state index is 0.278. The topological polar surface area (TPSA) is 9.23 Å². The second-order valence-electron chi connectivity index (χ2n) is 2.76. The zero-order chi connectivity index (χ0) is 11.8. The van der Waals surface area contributed by atoms with E-state index in [9.17, 15) is 0 Å². The van der Waals surface area contributed by atoms with Crippen LogP contribution in [0.5, 0.6) is 0 Å². The van der Waals surface area contributed by atoms with Crippen LogP contribution in [-0.4, -0.2) is 13.2 Å². The summed E-state index contributed by atoms with van der Waals surface area (Å²) in [7, 11) is 1.71. The monoisotopic (exact) mass is 200 g/mol. The summed E-state index contributed by atoms with van der Waals surface area (Å²) in [6.07, 6.45) is 9.58. The summed E-state index contributed by atoms with van der Waals surface area (Å²) >= 11 is 0. The van der Waals surface area contributed by atoms with Gasteiger partial charge in [-0.1, -0.05) is 47.5 Å². The maximum atomic E-state index is 5.11. The lowest BCUT2D eigenvalue weighted by atomic mass is 10.1. The number of methoxy groups -OCH3 is 1. The average Bonchev–Trinajstić information content (AvgIpc) is 2.22. The largest absolute Gasteiger partial charge is 0.380 e. The van der Waals surface area contributed by atoms with Crippen molar-refractivity contribution in [3.05, 3.63) is 0 Å².